The van der Waals surface area contributed by atoms with E-state index in [1.54, 1.807) is 23.9 Å². The third kappa shape index (κ3) is 4.03. The minimum Gasteiger partial charge on any atom is -0.341 e. The Kier molecular flexibility index (Phi) is 4.86. The number of carbonyl (C=O) groups is 2. The van der Waals surface area contributed by atoms with Gasteiger partial charge in [0, 0.05) is 26.7 Å². The van der Waals surface area contributed by atoms with Crippen LogP contribution in [0.4, 0.5) is 0 Å². The quantitative estimate of drug-likeness (QED) is 0.779. The topological polar surface area (TPSA) is 74.8 Å². The summed E-state index contributed by atoms with van der Waals surface area (Å²) in [5.74, 6) is -0.528. The summed E-state index contributed by atoms with van der Waals surface area (Å²) in [6, 6.07) is 9.47. The van der Waals surface area contributed by atoms with Crippen LogP contribution >= 0.6 is 0 Å². The Bertz CT molecular complexity index is 763. The van der Waals surface area contributed by atoms with Gasteiger partial charge in [0.1, 0.15) is 0 Å². The molecule has 6 nitrogen and oxygen atoms in total. The molecule has 3 rings (SSSR count). The summed E-state index contributed by atoms with van der Waals surface area (Å²) in [6.07, 6.45) is 1.05. The highest BCUT2D eigenvalue weighted by molar-refractivity contribution is 7.91. The molecule has 2 aliphatic rings. The van der Waals surface area contributed by atoms with E-state index in [-0.39, 0.29) is 41.2 Å². The van der Waals surface area contributed by atoms with Crippen molar-refractivity contribution in [1.29, 1.82) is 0 Å². The fourth-order valence-electron chi connectivity index (χ4n) is 3.48. The van der Waals surface area contributed by atoms with Gasteiger partial charge in [0.25, 0.3) is 0 Å². The Balaban J connectivity index is 1.54. The van der Waals surface area contributed by atoms with E-state index in [1.807, 2.05) is 30.3 Å². The minimum absolute atomic E-state index is 0.0188. The normalized spacial score (nSPS) is 26.9. The summed E-state index contributed by atoms with van der Waals surface area (Å²) in [4.78, 5) is 28.3. The Morgan fingerprint density at radius 2 is 1.72 bits per heavy atom. The number of sulfone groups is 1. The van der Waals surface area contributed by atoms with Gasteiger partial charge < -0.3 is 9.80 Å². The number of hydrogen-bond acceptors (Lipinski definition) is 4. The molecule has 1 heterocycles. The van der Waals surface area contributed by atoms with E-state index < -0.39 is 9.84 Å². The lowest BCUT2D eigenvalue weighted by atomic mass is 10.2. The molecule has 1 aromatic carbocycles. The van der Waals surface area contributed by atoms with Crippen LogP contribution in [0, 0.1) is 11.8 Å². The Labute approximate surface area is 148 Å². The summed E-state index contributed by atoms with van der Waals surface area (Å²) in [6.45, 7) is 0.522. The molecule has 0 radical (unpaired) electrons. The van der Waals surface area contributed by atoms with Gasteiger partial charge in [-0.25, -0.2) is 8.42 Å². The highest BCUT2D eigenvalue weighted by Gasteiger charge is 2.51. The molecule has 0 bridgehead atoms. The van der Waals surface area contributed by atoms with Crippen LogP contribution in [-0.4, -0.2) is 61.7 Å². The molecule has 2 fully saturated rings. The highest BCUT2D eigenvalue weighted by atomic mass is 32.2. The van der Waals surface area contributed by atoms with Crippen LogP contribution in [0.25, 0.3) is 0 Å². The summed E-state index contributed by atoms with van der Waals surface area (Å²) in [5.41, 5.74) is 1.05. The Hall–Kier alpha value is -1.89. The van der Waals surface area contributed by atoms with Gasteiger partial charge in [-0.15, -0.1) is 0 Å². The zero-order chi connectivity index (χ0) is 18.2. The van der Waals surface area contributed by atoms with Crippen LogP contribution < -0.4 is 0 Å². The molecule has 1 aliphatic carbocycles. The van der Waals surface area contributed by atoms with Crippen molar-refractivity contribution in [3.63, 3.8) is 0 Å². The third-order valence-corrected chi connectivity index (χ3v) is 6.92. The average molecular weight is 364 g/mol. The first-order valence-electron chi connectivity index (χ1n) is 8.54. The van der Waals surface area contributed by atoms with Crippen LogP contribution in [0.3, 0.4) is 0 Å². The predicted molar refractivity (Wildman–Crippen MR) is 94.3 cm³/mol. The zero-order valence-corrected chi connectivity index (χ0v) is 15.4. The van der Waals surface area contributed by atoms with Crippen molar-refractivity contribution in [3.8, 4) is 0 Å². The number of carbonyl (C=O) groups excluding carboxylic acids is 2. The summed E-state index contributed by atoms with van der Waals surface area (Å²) >= 11 is 0. The van der Waals surface area contributed by atoms with E-state index in [0.717, 1.165) is 5.56 Å². The van der Waals surface area contributed by atoms with Crippen LogP contribution in [0.1, 0.15) is 18.4 Å². The van der Waals surface area contributed by atoms with Crippen LogP contribution in [0.5, 0.6) is 0 Å². The molecule has 136 valence electrons. The van der Waals surface area contributed by atoms with Crippen molar-refractivity contribution in [2.24, 2.45) is 11.8 Å². The number of hydrogen-bond donors (Lipinski definition) is 0. The van der Waals surface area contributed by atoms with E-state index >= 15 is 0 Å². The van der Waals surface area contributed by atoms with Crippen molar-refractivity contribution in [1.82, 2.24) is 9.80 Å². The predicted octanol–water partition coefficient (Wildman–Crippen LogP) is 0.927. The van der Waals surface area contributed by atoms with Gasteiger partial charge >= 0.3 is 0 Å². The van der Waals surface area contributed by atoms with E-state index in [1.165, 1.54) is 0 Å². The number of nitrogens with zero attached hydrogens (tertiary/aromatic N) is 2. The number of rotatable bonds is 5. The molecule has 0 spiro atoms. The Morgan fingerprint density at radius 3 is 2.32 bits per heavy atom. The van der Waals surface area contributed by atoms with Gasteiger partial charge in [0.05, 0.1) is 23.3 Å². The number of amides is 2. The Morgan fingerprint density at radius 1 is 1.08 bits per heavy atom. The first-order chi connectivity index (χ1) is 11.8. The molecule has 3 unspecified atom stereocenters. The minimum atomic E-state index is -3.03. The standard InChI is InChI=1S/C18H24N2O4S/c1-19(11-13-6-4-3-5-7-13)17(21)15-10-16(15)18(22)20(2)14-8-9-25(23,24)12-14/h3-7,14-16H,8-12H2,1-2H3. The van der Waals surface area contributed by atoms with Crippen molar-refractivity contribution in [2.75, 3.05) is 25.6 Å². The molecule has 25 heavy (non-hydrogen) atoms. The lowest BCUT2D eigenvalue weighted by molar-refractivity contribution is -0.137. The summed E-state index contributed by atoms with van der Waals surface area (Å²) in [5, 5.41) is 0. The van der Waals surface area contributed by atoms with E-state index in [4.69, 9.17) is 0 Å². The smallest absolute Gasteiger partial charge is 0.226 e. The van der Waals surface area contributed by atoms with Crippen molar-refractivity contribution >= 4 is 21.7 Å². The molecule has 2 amide bonds. The zero-order valence-electron chi connectivity index (χ0n) is 14.6. The van der Waals surface area contributed by atoms with E-state index in [2.05, 4.69) is 0 Å². The average Bonchev–Trinajstić information content (AvgIpc) is 3.30. The van der Waals surface area contributed by atoms with Crippen LogP contribution in [0.15, 0.2) is 30.3 Å². The second-order valence-electron chi connectivity index (χ2n) is 7.13. The maximum atomic E-state index is 12.6. The SMILES string of the molecule is CN(Cc1ccccc1)C(=O)C1CC1C(=O)N(C)C1CCS(=O)(=O)C1. The fourth-order valence-corrected chi connectivity index (χ4v) is 5.26. The van der Waals surface area contributed by atoms with Gasteiger partial charge in [-0.1, -0.05) is 30.3 Å². The van der Waals surface area contributed by atoms with Gasteiger partial charge in [-0.3, -0.25) is 9.59 Å². The van der Waals surface area contributed by atoms with Crippen molar-refractivity contribution < 1.29 is 18.0 Å². The van der Waals surface area contributed by atoms with Gasteiger partial charge in [-0.05, 0) is 18.4 Å². The first kappa shape index (κ1) is 17.9. The van der Waals surface area contributed by atoms with Crippen LogP contribution in [0.2, 0.25) is 0 Å². The molecule has 1 aliphatic heterocycles. The van der Waals surface area contributed by atoms with Gasteiger partial charge in [0.15, 0.2) is 9.84 Å². The second kappa shape index (κ2) is 6.78. The molecule has 3 atom stereocenters. The maximum Gasteiger partial charge on any atom is 0.226 e. The molecule has 1 aromatic rings. The lowest BCUT2D eigenvalue weighted by Gasteiger charge is -2.24. The molecule has 1 saturated heterocycles. The molecular weight excluding hydrogens is 340 g/mol. The van der Waals surface area contributed by atoms with Crippen LogP contribution in [-0.2, 0) is 26.0 Å². The van der Waals surface area contributed by atoms with Crippen molar-refractivity contribution in [3.05, 3.63) is 35.9 Å². The van der Waals surface area contributed by atoms with E-state index in [0.29, 0.717) is 19.4 Å². The second-order valence-corrected chi connectivity index (χ2v) is 9.36. The van der Waals surface area contributed by atoms with Crippen molar-refractivity contribution in [2.45, 2.75) is 25.4 Å². The third-order valence-electron chi connectivity index (χ3n) is 5.17. The van der Waals surface area contributed by atoms with Gasteiger partial charge in [0.2, 0.25) is 11.8 Å². The molecule has 0 N–H and O–H groups in total. The number of benzene rings is 1. The molecular formula is C18H24N2O4S. The lowest BCUT2D eigenvalue weighted by Crippen LogP contribution is -2.39. The molecule has 1 saturated carbocycles. The largest absolute Gasteiger partial charge is 0.341 e. The highest BCUT2D eigenvalue weighted by Crippen LogP contribution is 2.42. The summed E-state index contributed by atoms with van der Waals surface area (Å²) in [7, 11) is 0.380. The first-order valence-corrected chi connectivity index (χ1v) is 10.4. The monoisotopic (exact) mass is 364 g/mol. The maximum absolute atomic E-state index is 12.6. The fraction of sp³-hybridized carbons (Fsp3) is 0.556. The molecule has 0 aromatic heterocycles. The summed E-state index contributed by atoms with van der Waals surface area (Å²) < 4.78 is 23.2. The molecule has 7 heteroatoms. The van der Waals surface area contributed by atoms with E-state index in [9.17, 15) is 18.0 Å². The van der Waals surface area contributed by atoms with Gasteiger partial charge in [-0.2, -0.15) is 0 Å².